The molecular weight excluding hydrogens is 564 g/mol. The van der Waals surface area contributed by atoms with Gasteiger partial charge in [0, 0.05) is 29.1 Å². The second-order valence-electron chi connectivity index (χ2n) is 8.81. The Labute approximate surface area is 219 Å². The van der Waals surface area contributed by atoms with Crippen molar-refractivity contribution in [2.45, 2.75) is 5.41 Å². The van der Waals surface area contributed by atoms with Crippen LogP contribution in [-0.2, 0) is 5.41 Å². The van der Waals surface area contributed by atoms with Crippen molar-refractivity contribution < 1.29 is 0 Å². The molecule has 0 atom stereocenters. The highest BCUT2D eigenvalue weighted by Gasteiger charge is 2.46. The van der Waals surface area contributed by atoms with Crippen LogP contribution in [0.15, 0.2) is 118 Å². The molecule has 0 saturated carbocycles. The zero-order valence-electron chi connectivity index (χ0n) is 18.1. The molecule has 162 valence electrons. The van der Waals surface area contributed by atoms with Gasteiger partial charge in [0.2, 0.25) is 0 Å². The van der Waals surface area contributed by atoms with E-state index in [1.165, 1.54) is 53.6 Å². The van der Waals surface area contributed by atoms with Gasteiger partial charge in [-0.3, -0.25) is 0 Å². The van der Waals surface area contributed by atoms with E-state index in [1.54, 1.807) is 0 Å². The second kappa shape index (κ2) is 7.64. The van der Waals surface area contributed by atoms with E-state index in [0.717, 1.165) is 8.95 Å². The highest BCUT2D eigenvalue weighted by atomic mass is 79.9. The Kier molecular flexibility index (Phi) is 4.64. The summed E-state index contributed by atoms with van der Waals surface area (Å²) in [6, 6.07) is 40.2. The number of halogens is 2. The van der Waals surface area contributed by atoms with E-state index < -0.39 is 0 Å². The lowest BCUT2D eigenvalue weighted by atomic mass is 9.67. The van der Waals surface area contributed by atoms with Crippen LogP contribution in [0.3, 0.4) is 0 Å². The van der Waals surface area contributed by atoms with Crippen molar-refractivity contribution in [1.82, 2.24) is 0 Å². The molecule has 0 unspecified atom stereocenters. The molecule has 0 fully saturated rings. The topological polar surface area (TPSA) is 0 Å². The Balaban J connectivity index is 1.69. The number of thiophene rings is 1. The summed E-state index contributed by atoms with van der Waals surface area (Å²) >= 11 is 9.31. The summed E-state index contributed by atoms with van der Waals surface area (Å²) < 4.78 is 4.87. The van der Waals surface area contributed by atoms with E-state index in [-0.39, 0.29) is 5.41 Å². The molecule has 0 amide bonds. The van der Waals surface area contributed by atoms with E-state index in [2.05, 4.69) is 141 Å². The molecule has 1 aliphatic rings. The number of rotatable bonds is 2. The van der Waals surface area contributed by atoms with Crippen molar-refractivity contribution in [2.75, 3.05) is 0 Å². The maximum absolute atomic E-state index is 3.78. The van der Waals surface area contributed by atoms with Crippen LogP contribution in [-0.4, -0.2) is 0 Å². The molecule has 0 spiro atoms. The highest BCUT2D eigenvalue weighted by Crippen LogP contribution is 2.58. The van der Waals surface area contributed by atoms with Crippen LogP contribution in [0.4, 0.5) is 0 Å². The lowest BCUT2D eigenvalue weighted by Gasteiger charge is -2.34. The summed E-state index contributed by atoms with van der Waals surface area (Å²) in [6.07, 6.45) is 0. The van der Waals surface area contributed by atoms with Gasteiger partial charge in [-0.1, -0.05) is 105 Å². The molecule has 0 N–H and O–H groups in total. The lowest BCUT2D eigenvalue weighted by molar-refractivity contribution is 0.769. The average molecular weight is 582 g/mol. The number of fused-ring (bicyclic) bond motifs is 6. The van der Waals surface area contributed by atoms with Crippen molar-refractivity contribution in [1.29, 1.82) is 0 Å². The van der Waals surface area contributed by atoms with Gasteiger partial charge in [-0.05, 0) is 69.8 Å². The quantitative estimate of drug-likeness (QED) is 0.190. The zero-order valence-corrected chi connectivity index (χ0v) is 22.0. The van der Waals surface area contributed by atoms with Gasteiger partial charge in [-0.15, -0.1) is 11.3 Å². The average Bonchev–Trinajstić information content (AvgIpc) is 3.35. The van der Waals surface area contributed by atoms with Crippen LogP contribution in [0, 0.1) is 0 Å². The minimum absolute atomic E-state index is 0.380. The lowest BCUT2D eigenvalue weighted by Crippen LogP contribution is -2.28. The molecule has 1 aliphatic carbocycles. The Hall–Kier alpha value is -2.72. The molecule has 6 aromatic rings. The first-order valence-corrected chi connectivity index (χ1v) is 13.6. The summed E-state index contributed by atoms with van der Waals surface area (Å²) in [7, 11) is 0. The molecule has 34 heavy (non-hydrogen) atoms. The van der Waals surface area contributed by atoms with Crippen LogP contribution < -0.4 is 0 Å². The predicted octanol–water partition coefficient (Wildman–Crippen LogP) is 9.94. The number of benzene rings is 5. The molecule has 1 aromatic heterocycles. The smallest absolute Gasteiger partial charge is 0.0714 e. The van der Waals surface area contributed by atoms with Gasteiger partial charge in [-0.25, -0.2) is 0 Å². The minimum atomic E-state index is -0.380. The summed E-state index contributed by atoms with van der Waals surface area (Å²) in [5.41, 5.74) is 7.53. The maximum atomic E-state index is 3.78. The van der Waals surface area contributed by atoms with E-state index in [4.69, 9.17) is 0 Å². The van der Waals surface area contributed by atoms with Gasteiger partial charge >= 0.3 is 0 Å². The van der Waals surface area contributed by atoms with Crippen molar-refractivity contribution in [3.8, 4) is 11.1 Å². The van der Waals surface area contributed by atoms with Gasteiger partial charge in [0.25, 0.3) is 0 Å². The molecule has 0 radical (unpaired) electrons. The first-order chi connectivity index (χ1) is 16.7. The van der Waals surface area contributed by atoms with Gasteiger partial charge in [-0.2, -0.15) is 0 Å². The Morgan fingerprint density at radius 2 is 1.09 bits per heavy atom. The van der Waals surface area contributed by atoms with Crippen LogP contribution >= 0.6 is 43.2 Å². The fourth-order valence-corrected chi connectivity index (χ4v) is 7.74. The molecule has 0 saturated heterocycles. The third kappa shape index (κ3) is 2.81. The Bertz CT molecular complexity index is 1680. The Morgan fingerprint density at radius 3 is 1.79 bits per heavy atom. The van der Waals surface area contributed by atoms with Gasteiger partial charge in [0.15, 0.2) is 0 Å². The predicted molar refractivity (Wildman–Crippen MR) is 152 cm³/mol. The van der Waals surface area contributed by atoms with Crippen molar-refractivity contribution >= 4 is 63.4 Å². The standard InChI is InChI=1S/C31H18Br2S/c32-21-11-13-23-25-18-30-26(24-14-12-22(33)16-29(24)34-30)17-28(25)31(27(23)15-21,19-7-3-1-4-8-19)20-9-5-2-6-10-20/h1-18H. The third-order valence-corrected chi connectivity index (χ3v) is 9.17. The molecule has 7 rings (SSSR count). The van der Waals surface area contributed by atoms with Crippen LogP contribution in [0.25, 0.3) is 31.3 Å². The van der Waals surface area contributed by atoms with Gasteiger partial charge < -0.3 is 0 Å². The summed E-state index contributed by atoms with van der Waals surface area (Å²) in [4.78, 5) is 0. The molecule has 0 aliphatic heterocycles. The molecular formula is C31H18Br2S. The summed E-state index contributed by atoms with van der Waals surface area (Å²) in [5.74, 6) is 0. The molecule has 0 nitrogen and oxygen atoms in total. The normalized spacial score (nSPS) is 13.8. The van der Waals surface area contributed by atoms with Crippen molar-refractivity contribution in [2.24, 2.45) is 0 Å². The van der Waals surface area contributed by atoms with Gasteiger partial charge in [0.05, 0.1) is 5.41 Å². The van der Waals surface area contributed by atoms with Crippen molar-refractivity contribution in [3.05, 3.63) is 140 Å². The molecule has 3 heteroatoms. The molecule has 0 bridgehead atoms. The van der Waals surface area contributed by atoms with Crippen LogP contribution in [0.2, 0.25) is 0 Å². The van der Waals surface area contributed by atoms with Crippen molar-refractivity contribution in [3.63, 3.8) is 0 Å². The fraction of sp³-hybridized carbons (Fsp3) is 0.0323. The van der Waals surface area contributed by atoms with E-state index in [0.29, 0.717) is 0 Å². The van der Waals surface area contributed by atoms with E-state index in [1.807, 2.05) is 11.3 Å². The zero-order chi connectivity index (χ0) is 22.9. The summed E-state index contributed by atoms with van der Waals surface area (Å²) in [6.45, 7) is 0. The summed E-state index contributed by atoms with van der Waals surface area (Å²) in [5, 5.41) is 2.65. The fourth-order valence-electron chi connectivity index (χ4n) is 5.70. The van der Waals surface area contributed by atoms with Gasteiger partial charge in [0.1, 0.15) is 0 Å². The van der Waals surface area contributed by atoms with Crippen LogP contribution in [0.5, 0.6) is 0 Å². The number of hydrogen-bond donors (Lipinski definition) is 0. The van der Waals surface area contributed by atoms with E-state index >= 15 is 0 Å². The number of hydrogen-bond acceptors (Lipinski definition) is 1. The second-order valence-corrected chi connectivity index (χ2v) is 11.7. The molecule has 5 aromatic carbocycles. The first kappa shape index (κ1) is 20.6. The highest BCUT2D eigenvalue weighted by molar-refractivity contribution is 9.10. The molecule has 1 heterocycles. The first-order valence-electron chi connectivity index (χ1n) is 11.2. The monoisotopic (exact) mass is 580 g/mol. The van der Waals surface area contributed by atoms with E-state index in [9.17, 15) is 0 Å². The maximum Gasteiger partial charge on any atom is 0.0714 e. The Morgan fingerprint density at radius 1 is 0.500 bits per heavy atom. The largest absolute Gasteiger partial charge is 0.135 e. The minimum Gasteiger partial charge on any atom is -0.135 e. The SMILES string of the molecule is Brc1ccc2c(c1)C(c1ccccc1)(c1ccccc1)c1cc3c(cc1-2)sc1cc(Br)ccc13. The third-order valence-electron chi connectivity index (χ3n) is 7.07. The van der Waals surface area contributed by atoms with Crippen LogP contribution in [0.1, 0.15) is 22.3 Å².